The minimum atomic E-state index is -2.37. The van der Waals surface area contributed by atoms with Crippen LogP contribution >= 0.6 is 0 Å². The number of fused-ring (bicyclic) bond motifs is 5. The topological polar surface area (TPSA) is 221 Å². The third-order valence-electron chi connectivity index (χ3n) is 12.8. The van der Waals surface area contributed by atoms with Crippen molar-refractivity contribution < 1.29 is 67.8 Å². The molecule has 11 atom stereocenters. The Kier molecular flexibility index (Phi) is 11.8. The Morgan fingerprint density at radius 2 is 1.43 bits per heavy atom. The van der Waals surface area contributed by atoms with E-state index in [-0.39, 0.29) is 35.3 Å². The summed E-state index contributed by atoms with van der Waals surface area (Å²) in [6.45, 7) is 6.58. The fourth-order valence-electron chi connectivity index (χ4n) is 9.81. The summed E-state index contributed by atoms with van der Waals surface area (Å²) in [5.41, 5.74) is -4.87. The molecule has 2 saturated carbocycles. The Morgan fingerprint density at radius 1 is 0.836 bits per heavy atom. The molecule has 4 aliphatic rings. The van der Waals surface area contributed by atoms with E-state index in [0.717, 1.165) is 13.8 Å². The van der Waals surface area contributed by atoms with E-state index in [1.54, 1.807) is 92.7 Å². The zero-order valence-corrected chi connectivity index (χ0v) is 34.3. The SMILES string of the molecule is CC(=O)O[C@H]1C(=O)[C@H]2[C@H]([C@H](OC(=O)c3ccccc3)[C@]3(O)C[C@H](OC(=O)[C@H](O)[C@@H](NC(=O)c4ccccc4)c4ccccc4)C(C)=C1C3(C)C)[C@]1(OC(C)=O)CO[C@@H]1C[C@@H]2O. The lowest BCUT2D eigenvalue weighted by atomic mass is 9.48. The number of nitrogens with one attached hydrogen (secondary N) is 1. The first kappa shape index (κ1) is 43.4. The minimum absolute atomic E-state index is 0.00524. The van der Waals surface area contributed by atoms with Gasteiger partial charge in [0.15, 0.2) is 23.6 Å². The standard InChI is InChI=1S/C46H49NO14/c1-24-31(59-43(55)38(52)36(27-15-9-6-10-16-27)47-41(53)28-17-11-7-12-18-28)22-46(56)40(60-42(54)29-19-13-8-14-20-29)35-33(30(50)21-32-45(35,23-57-32)61-26(3)49)37(51)39(58-25(2)48)34(24)44(46,4)5/h6-20,30-33,35-36,38-40,50,52,56H,21-23H2,1-5H3,(H,47,53)/t30-,31-,32+,33+,35+,36-,38+,39+,40-,45-,46+/m0/s1. The number of hydrogen-bond donors (Lipinski definition) is 4. The van der Waals surface area contributed by atoms with E-state index in [0.29, 0.717) is 5.56 Å². The normalized spacial score (nSPS) is 31.0. The Balaban J connectivity index is 1.36. The molecular formula is C46H49NO14. The highest BCUT2D eigenvalue weighted by Crippen LogP contribution is 2.61. The predicted octanol–water partition coefficient (Wildman–Crippen LogP) is 3.35. The van der Waals surface area contributed by atoms with E-state index in [4.69, 9.17) is 23.7 Å². The van der Waals surface area contributed by atoms with Gasteiger partial charge >= 0.3 is 23.9 Å². The van der Waals surface area contributed by atoms with Crippen LogP contribution in [0.25, 0.3) is 0 Å². The summed E-state index contributed by atoms with van der Waals surface area (Å²) in [6, 6.07) is 22.9. The lowest BCUT2D eigenvalue weighted by Gasteiger charge is -2.64. The van der Waals surface area contributed by atoms with Crippen LogP contribution in [-0.4, -0.2) is 105 Å². The molecule has 3 aliphatic carbocycles. The molecule has 0 spiro atoms. The largest absolute Gasteiger partial charge is 0.456 e. The van der Waals surface area contributed by atoms with Crippen molar-refractivity contribution in [3.05, 3.63) is 119 Å². The second-order valence-corrected chi connectivity index (χ2v) is 16.7. The van der Waals surface area contributed by atoms with Gasteiger partial charge in [0, 0.05) is 37.7 Å². The van der Waals surface area contributed by atoms with Crippen molar-refractivity contribution in [1.82, 2.24) is 5.32 Å². The van der Waals surface area contributed by atoms with E-state index < -0.39 is 113 Å². The van der Waals surface area contributed by atoms with Crippen molar-refractivity contribution in [1.29, 1.82) is 0 Å². The molecule has 322 valence electrons. The number of Topliss-reactive ketones (excluding diaryl/α,β-unsaturated/α-hetero) is 1. The molecule has 1 aliphatic heterocycles. The highest BCUT2D eigenvalue weighted by molar-refractivity contribution is 5.95. The van der Waals surface area contributed by atoms with Crippen LogP contribution in [0.3, 0.4) is 0 Å². The molecular weight excluding hydrogens is 790 g/mol. The van der Waals surface area contributed by atoms with Gasteiger partial charge in [-0.3, -0.25) is 19.2 Å². The van der Waals surface area contributed by atoms with Crippen LogP contribution in [0.1, 0.15) is 79.8 Å². The van der Waals surface area contributed by atoms with Crippen molar-refractivity contribution in [3.63, 3.8) is 0 Å². The van der Waals surface area contributed by atoms with Crippen molar-refractivity contribution in [2.75, 3.05) is 6.61 Å². The van der Waals surface area contributed by atoms with Gasteiger partial charge in [-0.05, 0) is 47.9 Å². The van der Waals surface area contributed by atoms with E-state index >= 15 is 4.79 Å². The number of carbonyl (C=O) groups excluding carboxylic acids is 6. The first-order valence-electron chi connectivity index (χ1n) is 20.1. The van der Waals surface area contributed by atoms with Gasteiger partial charge in [0.25, 0.3) is 5.91 Å². The summed E-state index contributed by atoms with van der Waals surface area (Å²) in [5.74, 6) is -8.30. The van der Waals surface area contributed by atoms with Gasteiger partial charge in [-0.2, -0.15) is 0 Å². The summed E-state index contributed by atoms with van der Waals surface area (Å²) in [4.78, 5) is 82.7. The molecule has 7 rings (SSSR count). The smallest absolute Gasteiger partial charge is 0.338 e. The summed E-state index contributed by atoms with van der Waals surface area (Å²) in [6.07, 6.45) is -10.3. The van der Waals surface area contributed by atoms with Crippen LogP contribution in [0, 0.1) is 17.3 Å². The number of amides is 1. The van der Waals surface area contributed by atoms with Crippen LogP contribution in [0.5, 0.6) is 0 Å². The van der Waals surface area contributed by atoms with E-state index in [9.17, 15) is 39.3 Å². The lowest BCUT2D eigenvalue weighted by molar-refractivity contribution is -0.332. The zero-order chi connectivity index (χ0) is 44.0. The number of ketones is 1. The average Bonchev–Trinajstić information content (AvgIpc) is 3.22. The van der Waals surface area contributed by atoms with E-state index in [1.807, 2.05) is 0 Å². The Bertz CT molecular complexity index is 2230. The van der Waals surface area contributed by atoms with Gasteiger partial charge in [0.1, 0.15) is 23.9 Å². The third kappa shape index (κ3) is 7.64. The molecule has 3 aromatic rings. The maximum Gasteiger partial charge on any atom is 0.338 e. The van der Waals surface area contributed by atoms with Gasteiger partial charge in [-0.25, -0.2) is 9.59 Å². The van der Waals surface area contributed by atoms with E-state index in [1.165, 1.54) is 19.1 Å². The number of hydrogen-bond acceptors (Lipinski definition) is 14. The maximum atomic E-state index is 15.2. The van der Waals surface area contributed by atoms with Crippen molar-refractivity contribution >= 4 is 35.6 Å². The Hall–Kier alpha value is -5.74. The molecule has 4 N–H and O–H groups in total. The van der Waals surface area contributed by atoms with Crippen LogP contribution in [0.4, 0.5) is 0 Å². The molecule has 1 heterocycles. The van der Waals surface area contributed by atoms with Crippen molar-refractivity contribution in [3.8, 4) is 0 Å². The molecule has 0 aromatic heterocycles. The summed E-state index contributed by atoms with van der Waals surface area (Å²) >= 11 is 0. The summed E-state index contributed by atoms with van der Waals surface area (Å²) in [7, 11) is 0. The van der Waals surface area contributed by atoms with Crippen molar-refractivity contribution in [2.24, 2.45) is 17.3 Å². The summed E-state index contributed by atoms with van der Waals surface area (Å²) in [5, 5.41) is 39.8. The molecule has 2 bridgehead atoms. The van der Waals surface area contributed by atoms with Crippen LogP contribution in [-0.2, 0) is 42.9 Å². The van der Waals surface area contributed by atoms with Gasteiger partial charge < -0.3 is 44.3 Å². The molecule has 3 fully saturated rings. The third-order valence-corrected chi connectivity index (χ3v) is 12.8. The molecule has 0 unspecified atom stereocenters. The van der Waals surface area contributed by atoms with E-state index in [2.05, 4.69) is 5.32 Å². The molecule has 0 radical (unpaired) electrons. The second kappa shape index (κ2) is 16.6. The molecule has 15 nitrogen and oxygen atoms in total. The number of aliphatic hydroxyl groups is 3. The summed E-state index contributed by atoms with van der Waals surface area (Å²) < 4.78 is 30.0. The highest BCUT2D eigenvalue weighted by Gasteiger charge is 2.75. The molecule has 15 heteroatoms. The highest BCUT2D eigenvalue weighted by atomic mass is 16.6. The van der Waals surface area contributed by atoms with Gasteiger partial charge in [-0.15, -0.1) is 0 Å². The number of carbonyl (C=O) groups is 6. The number of ether oxygens (including phenoxy) is 5. The Morgan fingerprint density at radius 3 is 1.98 bits per heavy atom. The predicted molar refractivity (Wildman–Crippen MR) is 213 cm³/mol. The first-order valence-corrected chi connectivity index (χ1v) is 20.1. The lowest BCUT2D eigenvalue weighted by Crippen LogP contribution is -2.79. The fraction of sp³-hybridized carbons (Fsp3) is 0.435. The van der Waals surface area contributed by atoms with Crippen LogP contribution < -0.4 is 5.32 Å². The number of aliphatic hydroxyl groups excluding tert-OH is 2. The molecule has 3 aromatic carbocycles. The van der Waals surface area contributed by atoms with Crippen molar-refractivity contribution in [2.45, 2.75) is 101 Å². The Labute approximate surface area is 352 Å². The van der Waals surface area contributed by atoms with Gasteiger partial charge in [-0.1, -0.05) is 80.6 Å². The van der Waals surface area contributed by atoms with Crippen LogP contribution in [0.15, 0.2) is 102 Å². The monoisotopic (exact) mass is 839 g/mol. The average molecular weight is 840 g/mol. The second-order valence-electron chi connectivity index (χ2n) is 16.7. The van der Waals surface area contributed by atoms with Gasteiger partial charge in [0.2, 0.25) is 0 Å². The fourth-order valence-corrected chi connectivity index (χ4v) is 9.81. The van der Waals surface area contributed by atoms with Gasteiger partial charge in [0.05, 0.1) is 36.2 Å². The minimum Gasteiger partial charge on any atom is -0.456 e. The molecule has 1 saturated heterocycles. The number of esters is 4. The quantitative estimate of drug-likeness (QED) is 0.131. The molecule has 1 amide bonds. The maximum absolute atomic E-state index is 15.2. The number of benzene rings is 3. The first-order chi connectivity index (χ1) is 28.9. The zero-order valence-electron chi connectivity index (χ0n) is 34.3. The molecule has 61 heavy (non-hydrogen) atoms. The van der Waals surface area contributed by atoms with Crippen LogP contribution in [0.2, 0.25) is 0 Å². The number of rotatable bonds is 10.